The standard InChI is InChI=1S/C28H33NO7/c1-19-10-13-27(3)24(5-4-12-28(27)34-15-16-35-28)26(19,2)17-23(21-11-14-33-18-21)36-25(30)20-6-8-22(9-7-20)29(31)32/h6-9,11,14,18,23-24H,1,4-5,10,12-13,15-17H2,2-3H3/t23-,24+,26-,27+/m0/s1. The number of nitrogens with zero attached hydrogens (tertiary/aromatic N) is 1. The first-order valence-electron chi connectivity index (χ1n) is 12.6. The first kappa shape index (κ1) is 24.7. The van der Waals surface area contributed by atoms with Crippen LogP contribution in [0.3, 0.4) is 0 Å². The van der Waals surface area contributed by atoms with Crippen molar-refractivity contribution in [2.75, 3.05) is 13.2 Å². The van der Waals surface area contributed by atoms with E-state index in [9.17, 15) is 14.9 Å². The highest BCUT2D eigenvalue weighted by Crippen LogP contribution is 2.66. The van der Waals surface area contributed by atoms with Crippen molar-refractivity contribution in [3.8, 4) is 0 Å². The number of esters is 1. The van der Waals surface area contributed by atoms with Crippen molar-refractivity contribution in [1.29, 1.82) is 0 Å². The summed E-state index contributed by atoms with van der Waals surface area (Å²) in [5.74, 6) is -0.865. The topological polar surface area (TPSA) is 101 Å². The molecule has 1 aliphatic heterocycles. The SMILES string of the molecule is C=C1CC[C@]2(C)[C@H](CCCC23OCCO3)[C@@]1(C)C[C@H](OC(=O)c1ccc([N+](=O)[O-])cc1)c1ccoc1. The molecule has 2 saturated carbocycles. The summed E-state index contributed by atoms with van der Waals surface area (Å²) in [5, 5.41) is 11.0. The summed E-state index contributed by atoms with van der Waals surface area (Å²) in [4.78, 5) is 23.6. The third kappa shape index (κ3) is 3.96. The number of nitro groups is 1. The van der Waals surface area contributed by atoms with Crippen LogP contribution in [-0.2, 0) is 14.2 Å². The van der Waals surface area contributed by atoms with Crippen LogP contribution >= 0.6 is 0 Å². The molecule has 192 valence electrons. The van der Waals surface area contributed by atoms with Crippen molar-refractivity contribution in [2.24, 2.45) is 16.7 Å². The molecule has 0 amide bonds. The maximum atomic E-state index is 13.1. The van der Waals surface area contributed by atoms with Gasteiger partial charge in [-0.3, -0.25) is 10.1 Å². The molecule has 1 aromatic heterocycles. The van der Waals surface area contributed by atoms with Crippen LogP contribution < -0.4 is 0 Å². The highest BCUT2D eigenvalue weighted by Gasteiger charge is 2.64. The van der Waals surface area contributed by atoms with Gasteiger partial charge in [0.25, 0.3) is 5.69 Å². The Morgan fingerprint density at radius 1 is 1.19 bits per heavy atom. The summed E-state index contributed by atoms with van der Waals surface area (Å²) in [6.45, 7) is 10.3. The molecule has 8 heteroatoms. The second-order valence-electron chi connectivity index (χ2n) is 10.8. The van der Waals surface area contributed by atoms with Crippen LogP contribution in [0.1, 0.15) is 74.4 Å². The maximum Gasteiger partial charge on any atom is 0.338 e. The van der Waals surface area contributed by atoms with Crippen molar-refractivity contribution in [2.45, 2.75) is 64.3 Å². The van der Waals surface area contributed by atoms with Crippen molar-refractivity contribution < 1.29 is 28.3 Å². The van der Waals surface area contributed by atoms with Crippen molar-refractivity contribution in [3.05, 3.63) is 76.3 Å². The Bertz CT molecular complexity index is 1140. The van der Waals surface area contributed by atoms with Gasteiger partial charge in [0.2, 0.25) is 0 Å². The zero-order valence-electron chi connectivity index (χ0n) is 20.9. The van der Waals surface area contributed by atoms with E-state index in [-0.39, 0.29) is 28.0 Å². The number of hydrogen-bond donors (Lipinski definition) is 0. The predicted octanol–water partition coefficient (Wildman–Crippen LogP) is 6.38. The van der Waals surface area contributed by atoms with E-state index < -0.39 is 22.8 Å². The third-order valence-corrected chi connectivity index (χ3v) is 9.00. The van der Waals surface area contributed by atoms with E-state index >= 15 is 0 Å². The molecule has 0 unspecified atom stereocenters. The smallest absolute Gasteiger partial charge is 0.338 e. The summed E-state index contributed by atoms with van der Waals surface area (Å²) in [5.41, 5.74) is 1.60. The quantitative estimate of drug-likeness (QED) is 0.198. The van der Waals surface area contributed by atoms with E-state index in [2.05, 4.69) is 20.4 Å². The van der Waals surface area contributed by atoms with E-state index in [4.69, 9.17) is 18.6 Å². The molecule has 0 bridgehead atoms. The average molecular weight is 496 g/mol. The minimum Gasteiger partial charge on any atom is -0.472 e. The lowest BCUT2D eigenvalue weighted by atomic mass is 9.46. The Morgan fingerprint density at radius 3 is 2.56 bits per heavy atom. The zero-order valence-corrected chi connectivity index (χ0v) is 20.9. The van der Waals surface area contributed by atoms with Gasteiger partial charge in [-0.15, -0.1) is 0 Å². The lowest BCUT2D eigenvalue weighted by molar-refractivity contribution is -0.384. The fourth-order valence-electron chi connectivity index (χ4n) is 6.94. The summed E-state index contributed by atoms with van der Waals surface area (Å²) in [6.07, 6.45) is 7.87. The van der Waals surface area contributed by atoms with Crippen LogP contribution in [0.15, 0.2) is 59.4 Å². The van der Waals surface area contributed by atoms with Gasteiger partial charge in [-0.1, -0.05) is 26.0 Å². The fourth-order valence-corrected chi connectivity index (χ4v) is 6.94. The van der Waals surface area contributed by atoms with Gasteiger partial charge in [-0.05, 0) is 61.6 Å². The fraction of sp³-hybridized carbons (Fsp3) is 0.536. The van der Waals surface area contributed by atoms with Gasteiger partial charge in [0.1, 0.15) is 6.10 Å². The first-order valence-corrected chi connectivity index (χ1v) is 12.6. The number of carbonyl (C=O) groups excluding carboxylic acids is 1. The highest BCUT2D eigenvalue weighted by molar-refractivity contribution is 5.89. The van der Waals surface area contributed by atoms with Crippen LogP contribution in [-0.4, -0.2) is 29.9 Å². The van der Waals surface area contributed by atoms with Crippen LogP contribution in [0.4, 0.5) is 5.69 Å². The molecule has 36 heavy (non-hydrogen) atoms. The maximum absolute atomic E-state index is 13.1. The molecule has 8 nitrogen and oxygen atoms in total. The van der Waals surface area contributed by atoms with Gasteiger partial charge in [-0.2, -0.15) is 0 Å². The minimum atomic E-state index is -0.571. The molecule has 1 saturated heterocycles. The van der Waals surface area contributed by atoms with E-state index in [1.165, 1.54) is 24.3 Å². The lowest BCUT2D eigenvalue weighted by Crippen LogP contribution is -2.60. The number of hydrogen-bond acceptors (Lipinski definition) is 7. The van der Waals surface area contributed by atoms with Gasteiger partial charge in [0.05, 0.1) is 36.2 Å². The molecule has 3 fully saturated rings. The third-order valence-electron chi connectivity index (χ3n) is 9.00. The predicted molar refractivity (Wildman–Crippen MR) is 131 cm³/mol. The Hall–Kier alpha value is -2.97. The molecular formula is C28H33NO7. The molecule has 1 aromatic carbocycles. The van der Waals surface area contributed by atoms with Gasteiger partial charge in [0, 0.05) is 29.5 Å². The number of non-ortho nitro benzene ring substituents is 1. The Balaban J connectivity index is 1.44. The second-order valence-corrected chi connectivity index (χ2v) is 10.8. The Morgan fingerprint density at radius 2 is 1.92 bits per heavy atom. The number of furan rings is 1. The first-order chi connectivity index (χ1) is 17.2. The van der Waals surface area contributed by atoms with Crippen LogP contribution in [0.2, 0.25) is 0 Å². The molecular weight excluding hydrogens is 462 g/mol. The number of rotatable bonds is 6. The number of allylic oxidation sites excluding steroid dienone is 1. The van der Waals surface area contributed by atoms with Gasteiger partial charge in [0.15, 0.2) is 5.79 Å². The summed E-state index contributed by atoms with van der Waals surface area (Å²) >= 11 is 0. The number of carbonyl (C=O) groups is 1. The summed E-state index contributed by atoms with van der Waals surface area (Å²) in [7, 11) is 0. The van der Waals surface area contributed by atoms with Crippen molar-refractivity contribution in [3.63, 3.8) is 0 Å². The monoisotopic (exact) mass is 495 g/mol. The molecule has 4 atom stereocenters. The molecule has 1 spiro atoms. The molecule has 0 radical (unpaired) electrons. The largest absolute Gasteiger partial charge is 0.472 e. The minimum absolute atomic E-state index is 0.0779. The van der Waals surface area contributed by atoms with Gasteiger partial charge in [-0.25, -0.2) is 4.79 Å². The van der Waals surface area contributed by atoms with Crippen molar-refractivity contribution >= 4 is 11.7 Å². The normalized spacial score (nSPS) is 30.1. The highest BCUT2D eigenvalue weighted by atomic mass is 16.7. The molecule has 2 aliphatic carbocycles. The van der Waals surface area contributed by atoms with E-state index in [1.54, 1.807) is 12.5 Å². The number of fused-ring (bicyclic) bond motifs is 2. The van der Waals surface area contributed by atoms with Crippen LogP contribution in [0.5, 0.6) is 0 Å². The van der Waals surface area contributed by atoms with Crippen LogP contribution in [0.25, 0.3) is 0 Å². The molecule has 5 rings (SSSR count). The van der Waals surface area contributed by atoms with E-state index in [1.807, 2.05) is 6.07 Å². The molecule has 3 aliphatic rings. The van der Waals surface area contributed by atoms with Gasteiger partial charge < -0.3 is 18.6 Å². The Kier molecular flexibility index (Phi) is 6.29. The summed E-state index contributed by atoms with van der Waals surface area (Å²) in [6, 6.07) is 7.27. The number of ether oxygens (including phenoxy) is 3. The molecule has 2 aromatic rings. The second kappa shape index (κ2) is 9.16. The zero-order chi connectivity index (χ0) is 25.6. The van der Waals surface area contributed by atoms with Crippen LogP contribution in [0, 0.1) is 26.9 Å². The number of benzene rings is 1. The Labute approximate surface area is 210 Å². The average Bonchev–Trinajstić information content (AvgIpc) is 3.57. The van der Waals surface area contributed by atoms with E-state index in [0.29, 0.717) is 19.6 Å². The lowest BCUT2D eigenvalue weighted by Gasteiger charge is -2.61. The van der Waals surface area contributed by atoms with Gasteiger partial charge >= 0.3 is 5.97 Å². The molecule has 0 N–H and O–H groups in total. The van der Waals surface area contributed by atoms with Crippen molar-refractivity contribution in [1.82, 2.24) is 0 Å². The summed E-state index contributed by atoms with van der Waals surface area (Å²) < 4.78 is 24.0. The molecule has 2 heterocycles. The van der Waals surface area contributed by atoms with E-state index in [0.717, 1.165) is 43.2 Å². The number of nitro benzene ring substituents is 1.